The van der Waals surface area contributed by atoms with Gasteiger partial charge in [0.2, 0.25) is 5.91 Å². The molecule has 0 atom stereocenters. The maximum absolute atomic E-state index is 12.2. The molecule has 1 aromatic heterocycles. The molecule has 1 saturated heterocycles. The van der Waals surface area contributed by atoms with Crippen LogP contribution in [0, 0.1) is 5.41 Å². The van der Waals surface area contributed by atoms with E-state index >= 15 is 0 Å². The highest BCUT2D eigenvalue weighted by Gasteiger charge is 2.39. The van der Waals surface area contributed by atoms with Gasteiger partial charge in [0.15, 0.2) is 0 Å². The number of rotatable bonds is 3. The van der Waals surface area contributed by atoms with E-state index in [4.69, 9.17) is 0 Å². The van der Waals surface area contributed by atoms with Gasteiger partial charge in [-0.25, -0.2) is 0 Å². The summed E-state index contributed by atoms with van der Waals surface area (Å²) >= 11 is 0. The number of aromatic hydroxyl groups is 1. The topological polar surface area (TPSA) is 77.2 Å². The molecule has 0 bridgehead atoms. The van der Waals surface area contributed by atoms with Crippen LogP contribution in [0.3, 0.4) is 0 Å². The molecule has 2 aliphatic rings. The van der Waals surface area contributed by atoms with Crippen molar-refractivity contribution in [2.75, 3.05) is 18.4 Å². The fourth-order valence-corrected chi connectivity index (χ4v) is 3.83. The highest BCUT2D eigenvalue weighted by molar-refractivity contribution is 6.04. The van der Waals surface area contributed by atoms with Crippen molar-refractivity contribution < 1.29 is 23.1 Å². The van der Waals surface area contributed by atoms with Crippen molar-refractivity contribution in [1.29, 1.82) is 0 Å². The summed E-state index contributed by atoms with van der Waals surface area (Å²) in [6.45, 7) is 3.34. The largest absolute Gasteiger partial charge is 0.508 e. The molecule has 4 N–H and O–H groups in total. The first kappa shape index (κ1) is 22.2. The van der Waals surface area contributed by atoms with E-state index in [-0.39, 0.29) is 17.1 Å². The lowest BCUT2D eigenvalue weighted by Crippen LogP contribution is -2.57. The normalized spacial score (nSPS) is 17.6. The van der Waals surface area contributed by atoms with Gasteiger partial charge in [-0.2, -0.15) is 13.2 Å². The van der Waals surface area contributed by atoms with Gasteiger partial charge in [-0.15, -0.1) is 0 Å². The summed E-state index contributed by atoms with van der Waals surface area (Å²) in [5.74, 6) is 0.692. The van der Waals surface area contributed by atoms with E-state index in [0.717, 1.165) is 29.3 Å². The quantitative estimate of drug-likeness (QED) is 0.436. The van der Waals surface area contributed by atoms with Crippen LogP contribution < -0.4 is 10.6 Å². The Balaban J connectivity index is 0.000000158. The van der Waals surface area contributed by atoms with Crippen LogP contribution in [0.25, 0.3) is 10.9 Å². The first-order chi connectivity index (χ1) is 15.2. The number of aromatic amines is 1. The van der Waals surface area contributed by atoms with Crippen molar-refractivity contribution in [1.82, 2.24) is 10.3 Å². The van der Waals surface area contributed by atoms with Crippen molar-refractivity contribution in [2.45, 2.75) is 38.3 Å². The number of hydrogen-bond donors (Lipinski definition) is 4. The number of aromatic nitrogens is 1. The molecule has 1 aliphatic heterocycles. The van der Waals surface area contributed by atoms with Crippen LogP contribution in [-0.2, 0) is 11.0 Å². The third-order valence-electron chi connectivity index (χ3n) is 6.31. The lowest BCUT2D eigenvalue weighted by Gasteiger charge is -2.37. The number of alkyl halides is 3. The van der Waals surface area contributed by atoms with Gasteiger partial charge in [-0.05, 0) is 61.6 Å². The average molecular weight is 445 g/mol. The number of phenolic OH excluding ortho intramolecular Hbond substituents is 1. The fraction of sp³-hybridized carbons (Fsp3) is 0.375. The predicted octanol–water partition coefficient (Wildman–Crippen LogP) is 5.39. The molecule has 0 spiro atoms. The van der Waals surface area contributed by atoms with E-state index in [1.165, 1.54) is 18.6 Å². The molecule has 0 radical (unpaired) electrons. The number of fused-ring (bicyclic) bond motifs is 1. The summed E-state index contributed by atoms with van der Waals surface area (Å²) in [6.07, 6.45) is 0.970. The van der Waals surface area contributed by atoms with E-state index in [0.29, 0.717) is 24.7 Å². The Kier molecular flexibility index (Phi) is 5.90. The molecule has 5 nitrogen and oxygen atoms in total. The summed E-state index contributed by atoms with van der Waals surface area (Å²) in [6, 6.07) is 10.6. The average Bonchev–Trinajstić information content (AvgIpc) is 3.07. The van der Waals surface area contributed by atoms with Gasteiger partial charge in [0.1, 0.15) is 5.75 Å². The monoisotopic (exact) mass is 445 g/mol. The summed E-state index contributed by atoms with van der Waals surface area (Å²) in [5, 5.41) is 16.3. The van der Waals surface area contributed by atoms with Crippen molar-refractivity contribution in [3.63, 3.8) is 0 Å². The van der Waals surface area contributed by atoms with Crippen LogP contribution in [0.15, 0.2) is 48.7 Å². The second kappa shape index (κ2) is 8.50. The number of carbonyl (C=O) groups excluding carboxylic acids is 1. The zero-order chi connectivity index (χ0) is 22.9. The summed E-state index contributed by atoms with van der Waals surface area (Å²) < 4.78 is 36.6. The number of anilines is 1. The van der Waals surface area contributed by atoms with Gasteiger partial charge < -0.3 is 20.7 Å². The molecule has 2 aromatic carbocycles. The molecule has 2 fully saturated rings. The molecule has 32 heavy (non-hydrogen) atoms. The number of amides is 1. The van der Waals surface area contributed by atoms with E-state index in [9.17, 15) is 23.1 Å². The number of carbonyl (C=O) groups is 1. The fourth-order valence-electron chi connectivity index (χ4n) is 3.83. The van der Waals surface area contributed by atoms with Gasteiger partial charge >= 0.3 is 6.18 Å². The van der Waals surface area contributed by atoms with Gasteiger partial charge in [-0.3, -0.25) is 4.79 Å². The third-order valence-corrected chi connectivity index (χ3v) is 6.31. The highest BCUT2D eigenvalue weighted by Crippen LogP contribution is 2.37. The Hall–Kier alpha value is -3.00. The molecule has 1 amide bonds. The third kappa shape index (κ3) is 4.60. The Morgan fingerprint density at radius 2 is 1.81 bits per heavy atom. The van der Waals surface area contributed by atoms with Crippen LogP contribution in [0.1, 0.15) is 43.2 Å². The predicted molar refractivity (Wildman–Crippen MR) is 118 cm³/mol. The summed E-state index contributed by atoms with van der Waals surface area (Å²) in [7, 11) is 0. The lowest BCUT2D eigenvalue weighted by molar-refractivity contribution is -0.137. The number of benzene rings is 2. The number of phenols is 1. The molecule has 8 heteroatoms. The van der Waals surface area contributed by atoms with E-state index < -0.39 is 11.7 Å². The van der Waals surface area contributed by atoms with Crippen molar-refractivity contribution in [3.8, 4) is 5.75 Å². The lowest BCUT2D eigenvalue weighted by atomic mass is 9.80. The number of halogens is 3. The van der Waals surface area contributed by atoms with Crippen LogP contribution in [0.5, 0.6) is 5.75 Å². The van der Waals surface area contributed by atoms with Crippen LogP contribution in [-0.4, -0.2) is 29.1 Å². The molecular weight excluding hydrogens is 419 g/mol. The van der Waals surface area contributed by atoms with Gasteiger partial charge in [0, 0.05) is 30.2 Å². The SMILES string of the molecule is CC1(C(=O)Nc2c[nH]c3ccc(O)cc23)CNC1.FC(F)(F)c1ccc(C2CCC2)cc1. The number of hydrogen-bond acceptors (Lipinski definition) is 3. The Bertz CT molecular complexity index is 1100. The first-order valence-corrected chi connectivity index (χ1v) is 10.7. The van der Waals surface area contributed by atoms with Gasteiger partial charge in [0.25, 0.3) is 0 Å². The molecule has 1 aliphatic carbocycles. The zero-order valence-electron chi connectivity index (χ0n) is 17.7. The molecule has 1 saturated carbocycles. The second-order valence-corrected chi connectivity index (χ2v) is 8.80. The summed E-state index contributed by atoms with van der Waals surface area (Å²) in [4.78, 5) is 15.2. The number of nitrogens with one attached hydrogen (secondary N) is 3. The minimum Gasteiger partial charge on any atom is -0.508 e. The molecule has 5 rings (SSSR count). The van der Waals surface area contributed by atoms with Gasteiger partial charge in [-0.1, -0.05) is 18.6 Å². The standard InChI is InChI=1S/C13H15N3O2.C11H11F3/c1-13(6-14-7-13)12(18)16-11-5-15-10-3-2-8(17)4-9(10)11;12-11(13,14)10-6-4-9(5-7-10)8-2-1-3-8/h2-5,14-15,17H,6-7H2,1H3,(H,16,18);4-8H,1-3H2. The van der Waals surface area contributed by atoms with E-state index in [2.05, 4.69) is 15.6 Å². The van der Waals surface area contributed by atoms with Crippen LogP contribution in [0.2, 0.25) is 0 Å². The van der Waals surface area contributed by atoms with Crippen LogP contribution >= 0.6 is 0 Å². The molecule has 170 valence electrons. The van der Waals surface area contributed by atoms with Crippen molar-refractivity contribution in [2.24, 2.45) is 5.41 Å². The molecule has 3 aromatic rings. The molecule has 2 heterocycles. The minimum absolute atomic E-state index is 0.00509. The van der Waals surface area contributed by atoms with Crippen LogP contribution in [0.4, 0.5) is 18.9 Å². The van der Waals surface area contributed by atoms with E-state index in [1.807, 2.05) is 6.92 Å². The van der Waals surface area contributed by atoms with Gasteiger partial charge in [0.05, 0.1) is 16.7 Å². The highest BCUT2D eigenvalue weighted by atomic mass is 19.4. The Morgan fingerprint density at radius 3 is 2.34 bits per heavy atom. The second-order valence-electron chi connectivity index (χ2n) is 8.80. The van der Waals surface area contributed by atoms with E-state index in [1.54, 1.807) is 36.5 Å². The first-order valence-electron chi connectivity index (χ1n) is 10.7. The number of H-pyrrole nitrogens is 1. The Labute approximate surface area is 184 Å². The van der Waals surface area contributed by atoms with Crippen molar-refractivity contribution in [3.05, 3.63) is 59.8 Å². The Morgan fingerprint density at radius 1 is 1.12 bits per heavy atom. The maximum Gasteiger partial charge on any atom is 0.416 e. The van der Waals surface area contributed by atoms with Crippen molar-refractivity contribution >= 4 is 22.5 Å². The molecular formula is C24H26F3N3O2. The minimum atomic E-state index is -4.21. The summed E-state index contributed by atoms with van der Waals surface area (Å²) in [5.41, 5.74) is 1.75. The smallest absolute Gasteiger partial charge is 0.416 e. The zero-order valence-corrected chi connectivity index (χ0v) is 17.7. The maximum atomic E-state index is 12.2. The molecule has 0 unspecified atom stereocenters.